The second-order valence-electron chi connectivity index (χ2n) is 10.6. The lowest BCUT2D eigenvalue weighted by Crippen LogP contribution is -2.50. The highest BCUT2D eigenvalue weighted by atomic mass is 32.2. The van der Waals surface area contributed by atoms with Gasteiger partial charge in [0.25, 0.3) is 5.91 Å². The van der Waals surface area contributed by atoms with Crippen LogP contribution in [-0.2, 0) is 21.2 Å². The number of anilines is 1. The Hall–Kier alpha value is -4.56. The molecule has 13 heteroatoms. The van der Waals surface area contributed by atoms with Crippen molar-refractivity contribution < 1.29 is 18.0 Å². The van der Waals surface area contributed by atoms with Gasteiger partial charge in [0, 0.05) is 17.1 Å². The van der Waals surface area contributed by atoms with Crippen LogP contribution >= 0.6 is 11.3 Å². The lowest BCUT2D eigenvalue weighted by atomic mass is 10.1. The number of carbonyl (C=O) groups excluding carboxylic acids is 2. The number of aliphatic imine (C=N–C) groups is 1. The van der Waals surface area contributed by atoms with E-state index in [1.54, 1.807) is 68.4 Å². The fraction of sp³-hybridized carbons (Fsp3) is 0.219. The first-order valence-corrected chi connectivity index (χ1v) is 16.4. The van der Waals surface area contributed by atoms with Gasteiger partial charge in [-0.2, -0.15) is 4.72 Å². The molecule has 1 unspecified atom stereocenters. The molecule has 0 radical (unpaired) electrons. The lowest BCUT2D eigenvalue weighted by Gasteiger charge is -2.21. The SMILES string of the molecule is Cc1cc(C)c(S(=O)(=O)NC(CNC(=O)c2ccc(-c3cccc(N=C(N)N)c3)s2)C(=O)Nc2ccc(CCN)cc2)c(C)c1. The van der Waals surface area contributed by atoms with Crippen LogP contribution in [-0.4, -0.2) is 45.3 Å². The van der Waals surface area contributed by atoms with Crippen LogP contribution in [0.15, 0.2) is 82.7 Å². The summed E-state index contributed by atoms with van der Waals surface area (Å²) in [5.41, 5.74) is 21.5. The number of benzene rings is 3. The van der Waals surface area contributed by atoms with Crippen molar-refractivity contribution in [3.63, 3.8) is 0 Å². The van der Waals surface area contributed by atoms with Crippen LogP contribution in [0, 0.1) is 20.8 Å². The molecule has 1 atom stereocenters. The first kappa shape index (κ1) is 33.3. The second kappa shape index (κ2) is 14.5. The molecule has 0 saturated carbocycles. The molecule has 236 valence electrons. The molecule has 2 amide bonds. The van der Waals surface area contributed by atoms with Crippen molar-refractivity contribution in [2.75, 3.05) is 18.4 Å². The van der Waals surface area contributed by atoms with E-state index in [9.17, 15) is 18.0 Å². The first-order chi connectivity index (χ1) is 21.4. The average molecular weight is 648 g/mol. The fourth-order valence-corrected chi connectivity index (χ4v) is 7.52. The molecule has 11 nitrogen and oxygen atoms in total. The minimum Gasteiger partial charge on any atom is -0.370 e. The Morgan fingerprint density at radius 3 is 2.27 bits per heavy atom. The Kier molecular flexibility index (Phi) is 10.7. The molecule has 0 fully saturated rings. The molecule has 0 spiro atoms. The largest absolute Gasteiger partial charge is 0.370 e. The van der Waals surface area contributed by atoms with Gasteiger partial charge in [0.1, 0.15) is 6.04 Å². The van der Waals surface area contributed by atoms with Gasteiger partial charge in [-0.15, -0.1) is 11.3 Å². The molecule has 0 bridgehead atoms. The van der Waals surface area contributed by atoms with Crippen LogP contribution < -0.4 is 32.6 Å². The molecule has 0 aliphatic rings. The normalized spacial score (nSPS) is 11.9. The average Bonchev–Trinajstić information content (AvgIpc) is 3.46. The van der Waals surface area contributed by atoms with Crippen LogP contribution in [0.2, 0.25) is 0 Å². The Labute approximate surface area is 267 Å². The number of sulfonamides is 1. The Bertz CT molecular complexity index is 1810. The topological polar surface area (TPSA) is 195 Å². The zero-order valence-corrected chi connectivity index (χ0v) is 26.9. The molecule has 1 heterocycles. The van der Waals surface area contributed by atoms with Crippen molar-refractivity contribution in [3.8, 4) is 10.4 Å². The number of nitrogens with zero attached hydrogens (tertiary/aromatic N) is 1. The van der Waals surface area contributed by atoms with Gasteiger partial charge in [0.05, 0.1) is 15.5 Å². The third-order valence-corrected chi connectivity index (χ3v) is 9.74. The van der Waals surface area contributed by atoms with E-state index in [1.807, 2.05) is 25.1 Å². The van der Waals surface area contributed by atoms with Gasteiger partial charge in [-0.05, 0) is 92.4 Å². The maximum Gasteiger partial charge on any atom is 0.261 e. The van der Waals surface area contributed by atoms with Crippen LogP contribution in [0.4, 0.5) is 11.4 Å². The minimum atomic E-state index is -4.15. The highest BCUT2D eigenvalue weighted by molar-refractivity contribution is 7.89. The van der Waals surface area contributed by atoms with E-state index in [2.05, 4.69) is 20.3 Å². The summed E-state index contributed by atoms with van der Waals surface area (Å²) in [4.78, 5) is 32.0. The Morgan fingerprint density at radius 2 is 1.62 bits per heavy atom. The van der Waals surface area contributed by atoms with Gasteiger partial charge < -0.3 is 27.8 Å². The summed E-state index contributed by atoms with van der Waals surface area (Å²) in [5, 5.41) is 5.48. The van der Waals surface area contributed by atoms with E-state index in [-0.39, 0.29) is 17.4 Å². The lowest BCUT2D eigenvalue weighted by molar-refractivity contribution is -0.117. The molecule has 1 aromatic heterocycles. The summed E-state index contributed by atoms with van der Waals surface area (Å²) in [5.74, 6) is -1.15. The zero-order valence-electron chi connectivity index (χ0n) is 25.3. The molecule has 9 N–H and O–H groups in total. The third-order valence-electron chi connectivity index (χ3n) is 6.83. The quantitative estimate of drug-likeness (QED) is 0.100. The number of hydrogen-bond acceptors (Lipinski definition) is 7. The van der Waals surface area contributed by atoms with Crippen molar-refractivity contribution in [3.05, 3.63) is 99.9 Å². The van der Waals surface area contributed by atoms with E-state index in [0.717, 1.165) is 21.6 Å². The van der Waals surface area contributed by atoms with E-state index in [4.69, 9.17) is 17.2 Å². The van der Waals surface area contributed by atoms with E-state index in [0.29, 0.717) is 40.3 Å². The fourth-order valence-electron chi connectivity index (χ4n) is 4.95. The van der Waals surface area contributed by atoms with Crippen molar-refractivity contribution in [2.24, 2.45) is 22.2 Å². The monoisotopic (exact) mass is 647 g/mol. The molecule has 45 heavy (non-hydrogen) atoms. The number of thiophene rings is 1. The van der Waals surface area contributed by atoms with Gasteiger partial charge in [0.15, 0.2) is 5.96 Å². The van der Waals surface area contributed by atoms with Gasteiger partial charge in [0.2, 0.25) is 15.9 Å². The predicted octanol–water partition coefficient (Wildman–Crippen LogP) is 3.46. The molecule has 3 aromatic carbocycles. The molecule has 4 rings (SSSR count). The minimum absolute atomic E-state index is 0.0658. The van der Waals surface area contributed by atoms with Crippen molar-refractivity contribution in [2.45, 2.75) is 38.1 Å². The number of rotatable bonds is 12. The second-order valence-corrected chi connectivity index (χ2v) is 13.3. The standard InChI is InChI=1S/C32H37N7O4S2/c1-19-15-20(2)29(21(3)16-19)45(42,43)39-26(30(40)37-24-9-7-22(8-10-24)13-14-33)18-36-31(41)28-12-11-27(44-28)23-5-4-6-25(17-23)38-32(34)35/h4-12,15-17,26,39H,13-14,18,33H2,1-3H3,(H,36,41)(H,37,40)(H4,34,35,38). The summed E-state index contributed by atoms with van der Waals surface area (Å²) in [6.45, 7) is 5.48. The van der Waals surface area contributed by atoms with Gasteiger partial charge in [-0.1, -0.05) is 42.0 Å². The molecule has 0 saturated heterocycles. The van der Waals surface area contributed by atoms with Gasteiger partial charge in [-0.25, -0.2) is 13.4 Å². The Balaban J connectivity index is 1.55. The number of guanidine groups is 1. The third kappa shape index (κ3) is 8.76. The number of carbonyl (C=O) groups is 2. The number of aryl methyl sites for hydroxylation is 3. The molecular formula is C32H37N7O4S2. The van der Waals surface area contributed by atoms with E-state index >= 15 is 0 Å². The van der Waals surface area contributed by atoms with Crippen LogP contribution in [0.3, 0.4) is 0 Å². The van der Waals surface area contributed by atoms with Crippen LogP contribution in [0.25, 0.3) is 10.4 Å². The highest BCUT2D eigenvalue weighted by Gasteiger charge is 2.29. The number of hydrogen-bond donors (Lipinski definition) is 6. The first-order valence-electron chi connectivity index (χ1n) is 14.1. The Morgan fingerprint density at radius 1 is 0.933 bits per heavy atom. The number of nitrogens with one attached hydrogen (secondary N) is 3. The summed E-state index contributed by atoms with van der Waals surface area (Å²) in [7, 11) is -4.15. The zero-order chi connectivity index (χ0) is 32.7. The maximum atomic E-state index is 13.6. The highest BCUT2D eigenvalue weighted by Crippen LogP contribution is 2.30. The van der Waals surface area contributed by atoms with Gasteiger partial charge in [-0.3, -0.25) is 9.59 Å². The van der Waals surface area contributed by atoms with Crippen LogP contribution in [0.5, 0.6) is 0 Å². The van der Waals surface area contributed by atoms with E-state index in [1.165, 1.54) is 11.3 Å². The molecular weight excluding hydrogens is 611 g/mol. The molecule has 0 aliphatic carbocycles. The maximum absolute atomic E-state index is 13.6. The summed E-state index contributed by atoms with van der Waals surface area (Å²) in [6, 6.07) is 20.0. The van der Waals surface area contributed by atoms with Crippen molar-refractivity contribution in [1.29, 1.82) is 0 Å². The van der Waals surface area contributed by atoms with Crippen molar-refractivity contribution in [1.82, 2.24) is 10.0 Å². The number of amides is 2. The summed E-state index contributed by atoms with van der Waals surface area (Å²) >= 11 is 1.23. The predicted molar refractivity (Wildman–Crippen MR) is 180 cm³/mol. The van der Waals surface area contributed by atoms with Crippen molar-refractivity contribution >= 4 is 50.5 Å². The molecule has 0 aliphatic heterocycles. The summed E-state index contributed by atoms with van der Waals surface area (Å²) < 4.78 is 29.7. The summed E-state index contributed by atoms with van der Waals surface area (Å²) in [6.07, 6.45) is 0.685. The van der Waals surface area contributed by atoms with E-state index < -0.39 is 27.9 Å². The number of nitrogens with two attached hydrogens (primary N) is 3. The van der Waals surface area contributed by atoms with Gasteiger partial charge >= 0.3 is 0 Å². The smallest absolute Gasteiger partial charge is 0.261 e. The van der Waals surface area contributed by atoms with Crippen LogP contribution in [0.1, 0.15) is 31.9 Å². The molecule has 4 aromatic rings.